The van der Waals surface area contributed by atoms with E-state index in [1.165, 1.54) is 38.5 Å². The van der Waals surface area contributed by atoms with Gasteiger partial charge in [0.15, 0.2) is 0 Å². The number of nitriles is 1. The van der Waals surface area contributed by atoms with Gasteiger partial charge in [0.2, 0.25) is 0 Å². The topological polar surface area (TPSA) is 23.8 Å². The number of nitrogens with zero attached hydrogens (tertiary/aromatic N) is 1. The van der Waals surface area contributed by atoms with E-state index in [2.05, 4.69) is 19.9 Å². The zero-order valence-electron chi connectivity index (χ0n) is 10.8. The fourth-order valence-corrected chi connectivity index (χ4v) is 3.62. The van der Waals surface area contributed by atoms with Crippen LogP contribution >= 0.6 is 0 Å². The Hall–Kier alpha value is -0.510. The van der Waals surface area contributed by atoms with Crippen LogP contribution < -0.4 is 0 Å². The Kier molecular flexibility index (Phi) is 5.04. The van der Waals surface area contributed by atoms with Crippen LogP contribution in [-0.2, 0) is 0 Å². The molecule has 0 aromatic rings. The maximum Gasteiger partial charge on any atom is 0.0686 e. The number of hydrogen-bond acceptors (Lipinski definition) is 1. The SMILES string of the molecule is C.CC1CCC(C2CCC(C)(C#N)CC2)CC1.[HH].[HH]. The van der Waals surface area contributed by atoms with Gasteiger partial charge in [-0.3, -0.25) is 0 Å². The third kappa shape index (κ3) is 3.47. The summed E-state index contributed by atoms with van der Waals surface area (Å²) in [7, 11) is 0. The van der Waals surface area contributed by atoms with Crippen LogP contribution in [0.15, 0.2) is 0 Å². The van der Waals surface area contributed by atoms with E-state index >= 15 is 0 Å². The molecule has 1 nitrogen and oxygen atoms in total. The Morgan fingerprint density at radius 1 is 1.00 bits per heavy atom. The molecule has 0 aromatic carbocycles. The van der Waals surface area contributed by atoms with Gasteiger partial charge >= 0.3 is 0 Å². The fourth-order valence-electron chi connectivity index (χ4n) is 3.62. The lowest BCUT2D eigenvalue weighted by molar-refractivity contribution is 0.133. The van der Waals surface area contributed by atoms with Gasteiger partial charge in [0, 0.05) is 2.85 Å². The minimum Gasteiger partial charge on any atom is -0.198 e. The summed E-state index contributed by atoms with van der Waals surface area (Å²) in [6.07, 6.45) is 10.7. The highest BCUT2D eigenvalue weighted by Crippen LogP contribution is 2.44. The van der Waals surface area contributed by atoms with Crippen molar-refractivity contribution in [1.29, 1.82) is 5.26 Å². The van der Waals surface area contributed by atoms with E-state index in [0.717, 1.165) is 30.6 Å². The fraction of sp³-hybridized carbons (Fsp3) is 0.938. The van der Waals surface area contributed by atoms with Crippen molar-refractivity contribution in [3.63, 3.8) is 0 Å². The molecule has 0 unspecified atom stereocenters. The van der Waals surface area contributed by atoms with E-state index in [-0.39, 0.29) is 15.7 Å². The van der Waals surface area contributed by atoms with Crippen molar-refractivity contribution in [3.05, 3.63) is 0 Å². The van der Waals surface area contributed by atoms with Gasteiger partial charge in [-0.1, -0.05) is 27.2 Å². The molecule has 0 spiro atoms. The summed E-state index contributed by atoms with van der Waals surface area (Å²) in [5.74, 6) is 2.89. The molecule has 2 aliphatic carbocycles. The first-order valence-corrected chi connectivity index (χ1v) is 7.04. The van der Waals surface area contributed by atoms with E-state index in [1.807, 2.05) is 0 Å². The predicted molar refractivity (Wildman–Crippen MR) is 77.8 cm³/mol. The molecule has 0 N–H and O–H groups in total. The van der Waals surface area contributed by atoms with Crippen LogP contribution in [0.2, 0.25) is 0 Å². The molecule has 2 aliphatic rings. The van der Waals surface area contributed by atoms with Crippen molar-refractivity contribution >= 4 is 0 Å². The van der Waals surface area contributed by atoms with E-state index < -0.39 is 0 Å². The molecule has 0 atom stereocenters. The van der Waals surface area contributed by atoms with Crippen molar-refractivity contribution in [2.75, 3.05) is 0 Å². The monoisotopic (exact) mass is 239 g/mol. The highest BCUT2D eigenvalue weighted by Gasteiger charge is 2.35. The lowest BCUT2D eigenvalue weighted by Gasteiger charge is -2.39. The van der Waals surface area contributed by atoms with Crippen molar-refractivity contribution in [2.45, 2.75) is 72.6 Å². The second kappa shape index (κ2) is 5.89. The first kappa shape index (κ1) is 14.6. The first-order valence-electron chi connectivity index (χ1n) is 7.04. The van der Waals surface area contributed by atoms with Crippen LogP contribution in [0, 0.1) is 34.5 Å². The third-order valence-electron chi connectivity index (χ3n) is 5.13. The highest BCUT2D eigenvalue weighted by molar-refractivity contribution is 4.99. The molecule has 0 radical (unpaired) electrons. The standard InChI is InChI=1S/C15H25N.CH4.2H2/c1-12-3-5-13(6-4-12)14-7-9-15(2,11-16)10-8-14;;;/h12-14H,3-10H2,1-2H3;1H4;2*1H. The zero-order valence-corrected chi connectivity index (χ0v) is 10.8. The summed E-state index contributed by atoms with van der Waals surface area (Å²) >= 11 is 0. The van der Waals surface area contributed by atoms with Crippen LogP contribution in [0.3, 0.4) is 0 Å². The number of rotatable bonds is 1. The van der Waals surface area contributed by atoms with Crippen LogP contribution in [0.25, 0.3) is 0 Å². The Morgan fingerprint density at radius 2 is 1.47 bits per heavy atom. The van der Waals surface area contributed by atoms with Gasteiger partial charge in [0.1, 0.15) is 0 Å². The van der Waals surface area contributed by atoms with Crippen LogP contribution in [-0.4, -0.2) is 0 Å². The summed E-state index contributed by atoms with van der Waals surface area (Å²) < 4.78 is 0. The molecule has 0 bridgehead atoms. The smallest absolute Gasteiger partial charge is 0.0686 e. The van der Waals surface area contributed by atoms with Crippen molar-refractivity contribution in [1.82, 2.24) is 0 Å². The van der Waals surface area contributed by atoms with Crippen molar-refractivity contribution in [2.24, 2.45) is 23.2 Å². The minimum absolute atomic E-state index is 0. The van der Waals surface area contributed by atoms with Crippen LogP contribution in [0.1, 0.15) is 75.5 Å². The molecular weight excluding hydrogens is 206 g/mol. The van der Waals surface area contributed by atoms with Crippen LogP contribution in [0.5, 0.6) is 0 Å². The first-order chi connectivity index (χ1) is 7.63. The molecule has 102 valence electrons. The summed E-state index contributed by atoms with van der Waals surface area (Å²) in [6.45, 7) is 4.54. The summed E-state index contributed by atoms with van der Waals surface area (Å²) in [4.78, 5) is 0. The largest absolute Gasteiger partial charge is 0.198 e. The van der Waals surface area contributed by atoms with Crippen molar-refractivity contribution in [3.8, 4) is 6.07 Å². The summed E-state index contributed by atoms with van der Waals surface area (Å²) in [5, 5.41) is 9.13. The van der Waals surface area contributed by atoms with E-state index in [4.69, 9.17) is 5.26 Å². The normalized spacial score (nSPS) is 42.3. The zero-order chi connectivity index (χ0) is 11.6. The minimum atomic E-state index is -0.00153. The van der Waals surface area contributed by atoms with Gasteiger partial charge in [-0.15, -0.1) is 0 Å². The second-order valence-electron chi connectivity index (χ2n) is 6.53. The average molecular weight is 239 g/mol. The van der Waals surface area contributed by atoms with Gasteiger partial charge in [-0.25, -0.2) is 0 Å². The Labute approximate surface area is 111 Å². The molecule has 2 fully saturated rings. The molecule has 0 saturated heterocycles. The lowest BCUT2D eigenvalue weighted by Crippen LogP contribution is -2.29. The Morgan fingerprint density at radius 3 is 1.94 bits per heavy atom. The van der Waals surface area contributed by atoms with Crippen molar-refractivity contribution < 1.29 is 2.85 Å². The summed E-state index contributed by atoms with van der Waals surface area (Å²) in [5.41, 5.74) is -0.00153. The molecule has 1 heteroatoms. The Balaban J connectivity index is 0. The molecule has 0 amide bonds. The number of hydrogen-bond donors (Lipinski definition) is 0. The summed E-state index contributed by atoms with van der Waals surface area (Å²) in [6, 6.07) is 2.51. The second-order valence-corrected chi connectivity index (χ2v) is 6.53. The molecule has 0 heterocycles. The maximum absolute atomic E-state index is 9.13. The van der Waals surface area contributed by atoms with Crippen LogP contribution in [0.4, 0.5) is 0 Å². The van der Waals surface area contributed by atoms with Gasteiger partial charge in [-0.2, -0.15) is 5.26 Å². The highest BCUT2D eigenvalue weighted by atomic mass is 14.4. The molecular formula is C16H33N. The lowest BCUT2D eigenvalue weighted by atomic mass is 9.66. The average Bonchev–Trinajstić information content (AvgIpc) is 2.32. The van der Waals surface area contributed by atoms with Gasteiger partial charge in [0.25, 0.3) is 0 Å². The molecule has 2 rings (SSSR count). The molecule has 0 aromatic heterocycles. The van der Waals surface area contributed by atoms with Gasteiger partial charge in [0.05, 0.1) is 11.5 Å². The van der Waals surface area contributed by atoms with Gasteiger partial charge < -0.3 is 0 Å². The maximum atomic E-state index is 9.13. The van der Waals surface area contributed by atoms with Gasteiger partial charge in [-0.05, 0) is 63.2 Å². The van der Waals surface area contributed by atoms with E-state index in [1.54, 1.807) is 0 Å². The Bertz CT molecular complexity index is 269. The molecule has 0 aliphatic heterocycles. The molecule has 2 saturated carbocycles. The third-order valence-corrected chi connectivity index (χ3v) is 5.13. The molecule has 17 heavy (non-hydrogen) atoms. The van der Waals surface area contributed by atoms with E-state index in [9.17, 15) is 0 Å². The quantitative estimate of drug-likeness (QED) is 0.579. The van der Waals surface area contributed by atoms with E-state index in [0.29, 0.717) is 0 Å². The predicted octanol–water partition coefficient (Wildman–Crippen LogP) is 5.66.